The normalized spacial score (nSPS) is 17.8. The van der Waals surface area contributed by atoms with Gasteiger partial charge in [0.25, 0.3) is 0 Å². The summed E-state index contributed by atoms with van der Waals surface area (Å²) in [6.45, 7) is 0.554. The van der Waals surface area contributed by atoms with E-state index in [4.69, 9.17) is 0 Å². The van der Waals surface area contributed by atoms with Gasteiger partial charge in [-0.3, -0.25) is 9.59 Å². The maximum atomic E-state index is 12.2. The van der Waals surface area contributed by atoms with Gasteiger partial charge in [0, 0.05) is 39.8 Å². The summed E-state index contributed by atoms with van der Waals surface area (Å²) in [5.74, 6) is -0.0559. The van der Waals surface area contributed by atoms with Gasteiger partial charge in [-0.2, -0.15) is 0 Å². The lowest BCUT2D eigenvalue weighted by molar-refractivity contribution is -0.133. The maximum Gasteiger partial charge on any atom is 0.245 e. The number of carbonyl (C=O) groups excluding carboxylic acids is 2. The lowest BCUT2D eigenvalue weighted by Crippen LogP contribution is -2.42. The van der Waals surface area contributed by atoms with Crippen LogP contribution >= 0.6 is 0 Å². The minimum absolute atomic E-state index is 0.0208. The molecule has 1 saturated heterocycles. The van der Waals surface area contributed by atoms with Crippen molar-refractivity contribution in [1.29, 1.82) is 0 Å². The molecule has 5 nitrogen and oxygen atoms in total. The lowest BCUT2D eigenvalue weighted by atomic mass is 10.1. The van der Waals surface area contributed by atoms with Crippen LogP contribution in [-0.4, -0.2) is 43.9 Å². The fourth-order valence-corrected chi connectivity index (χ4v) is 2.32. The Bertz CT molecular complexity index is 496. The number of rotatable bonds is 4. The highest BCUT2D eigenvalue weighted by Gasteiger charge is 2.29. The molecule has 108 valence electrons. The van der Waals surface area contributed by atoms with Crippen molar-refractivity contribution in [3.63, 3.8) is 0 Å². The highest BCUT2D eigenvalue weighted by atomic mass is 16.2. The number of carbonyl (C=O) groups is 2. The molecule has 5 heteroatoms. The Morgan fingerprint density at radius 3 is 2.40 bits per heavy atom. The first-order valence-electron chi connectivity index (χ1n) is 6.78. The average Bonchev–Trinajstić information content (AvgIpc) is 2.85. The van der Waals surface area contributed by atoms with Crippen molar-refractivity contribution >= 4 is 17.5 Å². The van der Waals surface area contributed by atoms with Crippen molar-refractivity contribution in [1.82, 2.24) is 10.2 Å². The smallest absolute Gasteiger partial charge is 0.245 e. The van der Waals surface area contributed by atoms with Crippen LogP contribution in [0.1, 0.15) is 18.4 Å². The number of amides is 2. The van der Waals surface area contributed by atoms with E-state index in [1.165, 1.54) is 0 Å². The Morgan fingerprint density at radius 1 is 1.25 bits per heavy atom. The quantitative estimate of drug-likeness (QED) is 0.891. The largest absolute Gasteiger partial charge is 0.378 e. The second-order valence-electron chi connectivity index (χ2n) is 5.41. The summed E-state index contributed by atoms with van der Waals surface area (Å²) in [5, 5.41) is 2.71. The van der Waals surface area contributed by atoms with E-state index in [9.17, 15) is 9.59 Å². The predicted molar refractivity (Wildman–Crippen MR) is 78.4 cm³/mol. The number of likely N-dealkylation sites (N-methyl/N-ethyl adjacent to an activating group) is 1. The standard InChI is InChI=1S/C15H21N3O2/c1-17(2)12-6-4-11(5-7-12)10-18(3)15(20)13-8-9-14(19)16-13/h4-7,13H,8-10H2,1-3H3,(H,16,19). The Kier molecular flexibility index (Phi) is 4.27. The van der Waals surface area contributed by atoms with Crippen LogP contribution in [0.25, 0.3) is 0 Å². The molecular formula is C15H21N3O2. The zero-order valence-electron chi connectivity index (χ0n) is 12.2. The third kappa shape index (κ3) is 3.29. The van der Waals surface area contributed by atoms with Crippen molar-refractivity contribution in [3.05, 3.63) is 29.8 Å². The van der Waals surface area contributed by atoms with E-state index < -0.39 is 0 Å². The number of hydrogen-bond donors (Lipinski definition) is 1. The van der Waals surface area contributed by atoms with E-state index in [2.05, 4.69) is 5.32 Å². The summed E-state index contributed by atoms with van der Waals surface area (Å²) in [6, 6.07) is 7.75. The van der Waals surface area contributed by atoms with E-state index in [1.807, 2.05) is 43.3 Å². The van der Waals surface area contributed by atoms with Gasteiger partial charge in [0.2, 0.25) is 11.8 Å². The molecule has 1 heterocycles. The number of nitrogens with one attached hydrogen (secondary N) is 1. The van der Waals surface area contributed by atoms with Crippen LogP contribution in [0.4, 0.5) is 5.69 Å². The van der Waals surface area contributed by atoms with Gasteiger partial charge in [-0.05, 0) is 24.1 Å². The second-order valence-corrected chi connectivity index (χ2v) is 5.41. The molecule has 1 unspecified atom stereocenters. The van der Waals surface area contributed by atoms with Crippen LogP contribution in [0.15, 0.2) is 24.3 Å². The summed E-state index contributed by atoms with van der Waals surface area (Å²) in [7, 11) is 5.76. The van der Waals surface area contributed by atoms with E-state index in [0.29, 0.717) is 19.4 Å². The molecule has 1 N–H and O–H groups in total. The third-order valence-electron chi connectivity index (χ3n) is 3.54. The van der Waals surface area contributed by atoms with Gasteiger partial charge < -0.3 is 15.1 Å². The molecule has 0 bridgehead atoms. The summed E-state index contributed by atoms with van der Waals surface area (Å²) in [5.41, 5.74) is 2.21. The number of anilines is 1. The van der Waals surface area contributed by atoms with Crippen LogP contribution in [-0.2, 0) is 16.1 Å². The van der Waals surface area contributed by atoms with Gasteiger partial charge in [0.05, 0.1) is 0 Å². The zero-order chi connectivity index (χ0) is 14.7. The van der Waals surface area contributed by atoms with Crippen molar-refractivity contribution in [2.45, 2.75) is 25.4 Å². The van der Waals surface area contributed by atoms with Gasteiger partial charge in [0.1, 0.15) is 6.04 Å². The molecule has 0 aromatic heterocycles. The number of nitrogens with zero attached hydrogens (tertiary/aromatic N) is 2. The zero-order valence-corrected chi connectivity index (χ0v) is 12.2. The third-order valence-corrected chi connectivity index (χ3v) is 3.54. The average molecular weight is 275 g/mol. The SMILES string of the molecule is CN(Cc1ccc(N(C)C)cc1)C(=O)C1CCC(=O)N1. The molecule has 1 aromatic carbocycles. The van der Waals surface area contributed by atoms with Gasteiger partial charge in [0.15, 0.2) is 0 Å². The maximum absolute atomic E-state index is 12.2. The molecule has 0 radical (unpaired) electrons. The Labute approximate surface area is 119 Å². The van der Waals surface area contributed by atoms with E-state index in [-0.39, 0.29) is 17.9 Å². The summed E-state index contributed by atoms with van der Waals surface area (Å²) in [4.78, 5) is 27.0. The molecule has 1 aliphatic rings. The molecule has 2 rings (SSSR count). The van der Waals surface area contributed by atoms with Crippen LogP contribution < -0.4 is 10.2 Å². The predicted octanol–water partition coefficient (Wildman–Crippen LogP) is 0.990. The van der Waals surface area contributed by atoms with Gasteiger partial charge in [-0.15, -0.1) is 0 Å². The van der Waals surface area contributed by atoms with Crippen LogP contribution in [0.2, 0.25) is 0 Å². The van der Waals surface area contributed by atoms with Crippen molar-refractivity contribution in [2.75, 3.05) is 26.0 Å². The molecular weight excluding hydrogens is 254 g/mol. The van der Waals surface area contributed by atoms with E-state index >= 15 is 0 Å². The topological polar surface area (TPSA) is 52.7 Å². The minimum atomic E-state index is -0.353. The Hall–Kier alpha value is -2.04. The molecule has 1 fully saturated rings. The highest BCUT2D eigenvalue weighted by Crippen LogP contribution is 2.15. The monoisotopic (exact) mass is 275 g/mol. The Balaban J connectivity index is 1.95. The molecule has 20 heavy (non-hydrogen) atoms. The molecule has 1 atom stereocenters. The molecule has 0 saturated carbocycles. The first kappa shape index (κ1) is 14.4. The number of hydrogen-bond acceptors (Lipinski definition) is 3. The first-order chi connectivity index (χ1) is 9.47. The fourth-order valence-electron chi connectivity index (χ4n) is 2.32. The van der Waals surface area contributed by atoms with Crippen molar-refractivity contribution in [2.24, 2.45) is 0 Å². The van der Waals surface area contributed by atoms with Gasteiger partial charge in [-0.25, -0.2) is 0 Å². The molecule has 1 aliphatic heterocycles. The molecule has 0 spiro atoms. The summed E-state index contributed by atoms with van der Waals surface area (Å²) in [6.07, 6.45) is 1.04. The van der Waals surface area contributed by atoms with Crippen molar-refractivity contribution < 1.29 is 9.59 Å². The lowest BCUT2D eigenvalue weighted by Gasteiger charge is -2.21. The van der Waals surface area contributed by atoms with Crippen molar-refractivity contribution in [3.8, 4) is 0 Å². The van der Waals surface area contributed by atoms with Crippen LogP contribution in [0, 0.1) is 0 Å². The second kappa shape index (κ2) is 5.94. The minimum Gasteiger partial charge on any atom is -0.378 e. The van der Waals surface area contributed by atoms with Crippen LogP contribution in [0.5, 0.6) is 0 Å². The first-order valence-corrected chi connectivity index (χ1v) is 6.78. The highest BCUT2D eigenvalue weighted by molar-refractivity contribution is 5.90. The number of benzene rings is 1. The molecule has 0 aliphatic carbocycles. The Morgan fingerprint density at radius 2 is 1.90 bits per heavy atom. The fraction of sp³-hybridized carbons (Fsp3) is 0.467. The molecule has 2 amide bonds. The van der Waals surface area contributed by atoms with E-state index in [1.54, 1.807) is 11.9 Å². The van der Waals surface area contributed by atoms with Gasteiger partial charge in [-0.1, -0.05) is 12.1 Å². The van der Waals surface area contributed by atoms with Crippen LogP contribution in [0.3, 0.4) is 0 Å². The van der Waals surface area contributed by atoms with E-state index in [0.717, 1.165) is 11.3 Å². The summed E-state index contributed by atoms with van der Waals surface area (Å²) >= 11 is 0. The van der Waals surface area contributed by atoms with Gasteiger partial charge >= 0.3 is 0 Å². The summed E-state index contributed by atoms with van der Waals surface area (Å²) < 4.78 is 0. The molecule has 1 aromatic rings.